The Balaban J connectivity index is 2.68. The molecule has 0 spiro atoms. The number of β-lactam (4-membered cyclic amide) rings is 1. The second-order valence-corrected chi connectivity index (χ2v) is 3.26. The standard InChI is InChI=1S/C8H12N2O/c1-4-8(2,3)10-5-6(9)7(10)11/h1,6H,5,9H2,2-3H3. The van der Waals surface area contributed by atoms with Gasteiger partial charge in [-0.05, 0) is 13.8 Å². The van der Waals surface area contributed by atoms with E-state index >= 15 is 0 Å². The molecule has 3 heteroatoms. The average Bonchev–Trinajstić information content (AvgIpc) is 1.99. The van der Waals surface area contributed by atoms with E-state index in [0.29, 0.717) is 6.54 Å². The van der Waals surface area contributed by atoms with Gasteiger partial charge in [0.25, 0.3) is 0 Å². The molecule has 1 unspecified atom stereocenters. The second-order valence-electron chi connectivity index (χ2n) is 3.26. The van der Waals surface area contributed by atoms with Crippen LogP contribution in [0.2, 0.25) is 0 Å². The van der Waals surface area contributed by atoms with E-state index in [1.807, 2.05) is 13.8 Å². The first-order valence-corrected chi connectivity index (χ1v) is 3.54. The minimum absolute atomic E-state index is 0.0482. The SMILES string of the molecule is C#CC(C)(C)N1CC(N)C1=O. The normalized spacial score (nSPS) is 24.4. The van der Waals surface area contributed by atoms with Crippen LogP contribution in [0.25, 0.3) is 0 Å². The van der Waals surface area contributed by atoms with Crippen LogP contribution in [-0.2, 0) is 4.79 Å². The molecule has 0 radical (unpaired) electrons. The molecule has 1 fully saturated rings. The number of likely N-dealkylation sites (tertiary alicyclic amines) is 1. The maximum absolute atomic E-state index is 11.1. The van der Waals surface area contributed by atoms with Crippen molar-refractivity contribution in [3.8, 4) is 12.3 Å². The summed E-state index contributed by atoms with van der Waals surface area (Å²) in [6.07, 6.45) is 5.24. The van der Waals surface area contributed by atoms with Gasteiger partial charge in [0.05, 0.1) is 5.54 Å². The van der Waals surface area contributed by atoms with Gasteiger partial charge >= 0.3 is 0 Å². The summed E-state index contributed by atoms with van der Waals surface area (Å²) in [7, 11) is 0. The number of carbonyl (C=O) groups is 1. The summed E-state index contributed by atoms with van der Waals surface area (Å²) < 4.78 is 0. The third-order valence-corrected chi connectivity index (χ3v) is 1.99. The van der Waals surface area contributed by atoms with Crippen molar-refractivity contribution in [1.82, 2.24) is 4.90 Å². The highest BCUT2D eigenvalue weighted by Crippen LogP contribution is 2.20. The fraction of sp³-hybridized carbons (Fsp3) is 0.625. The molecule has 0 aliphatic carbocycles. The topological polar surface area (TPSA) is 46.3 Å². The molecule has 3 nitrogen and oxygen atoms in total. The van der Waals surface area contributed by atoms with E-state index in [1.165, 1.54) is 0 Å². The van der Waals surface area contributed by atoms with Crippen LogP contribution in [0.3, 0.4) is 0 Å². The highest BCUT2D eigenvalue weighted by Gasteiger charge is 2.41. The van der Waals surface area contributed by atoms with Gasteiger partial charge < -0.3 is 10.6 Å². The maximum Gasteiger partial charge on any atom is 0.242 e. The Bertz CT molecular complexity index is 227. The monoisotopic (exact) mass is 152 g/mol. The Morgan fingerprint density at radius 1 is 1.82 bits per heavy atom. The number of hydrogen-bond donors (Lipinski definition) is 1. The molecule has 0 aromatic heterocycles. The van der Waals surface area contributed by atoms with Gasteiger partial charge in [0, 0.05) is 6.54 Å². The molecule has 1 aliphatic heterocycles. The quantitative estimate of drug-likeness (QED) is 0.409. The van der Waals surface area contributed by atoms with Crippen molar-refractivity contribution in [3.63, 3.8) is 0 Å². The van der Waals surface area contributed by atoms with Gasteiger partial charge in [-0.1, -0.05) is 5.92 Å². The van der Waals surface area contributed by atoms with Crippen molar-refractivity contribution in [2.75, 3.05) is 6.54 Å². The Hall–Kier alpha value is -1.01. The molecule has 1 heterocycles. The third kappa shape index (κ3) is 1.10. The van der Waals surface area contributed by atoms with Crippen LogP contribution in [0.15, 0.2) is 0 Å². The predicted molar refractivity (Wildman–Crippen MR) is 42.6 cm³/mol. The minimum atomic E-state index is -0.479. The molecule has 1 atom stereocenters. The zero-order chi connectivity index (χ0) is 8.65. The van der Waals surface area contributed by atoms with Crippen molar-refractivity contribution in [1.29, 1.82) is 0 Å². The predicted octanol–water partition coefficient (Wildman–Crippen LogP) is -0.432. The van der Waals surface area contributed by atoms with Gasteiger partial charge in [-0.2, -0.15) is 0 Å². The Morgan fingerprint density at radius 2 is 2.36 bits per heavy atom. The molecule has 1 saturated heterocycles. The van der Waals surface area contributed by atoms with Crippen molar-refractivity contribution in [2.24, 2.45) is 5.73 Å². The van der Waals surface area contributed by atoms with E-state index in [1.54, 1.807) is 4.90 Å². The number of nitrogens with two attached hydrogens (primary N) is 1. The van der Waals surface area contributed by atoms with Crippen LogP contribution in [0, 0.1) is 12.3 Å². The van der Waals surface area contributed by atoms with Gasteiger partial charge in [0.1, 0.15) is 6.04 Å². The Kier molecular flexibility index (Phi) is 1.65. The molecule has 2 N–H and O–H groups in total. The van der Waals surface area contributed by atoms with Crippen molar-refractivity contribution in [3.05, 3.63) is 0 Å². The van der Waals surface area contributed by atoms with Gasteiger partial charge in [-0.15, -0.1) is 6.42 Å². The molecule has 60 valence electrons. The smallest absolute Gasteiger partial charge is 0.242 e. The highest BCUT2D eigenvalue weighted by atomic mass is 16.2. The lowest BCUT2D eigenvalue weighted by Crippen LogP contribution is -2.67. The summed E-state index contributed by atoms with van der Waals surface area (Å²) >= 11 is 0. The van der Waals surface area contributed by atoms with E-state index in [4.69, 9.17) is 12.2 Å². The molecular weight excluding hydrogens is 140 g/mol. The van der Waals surface area contributed by atoms with Gasteiger partial charge in [0.2, 0.25) is 5.91 Å². The molecule has 0 bridgehead atoms. The van der Waals surface area contributed by atoms with E-state index in [9.17, 15) is 4.79 Å². The molecule has 1 rings (SSSR count). The van der Waals surface area contributed by atoms with Crippen molar-refractivity contribution >= 4 is 5.91 Å². The summed E-state index contributed by atoms with van der Waals surface area (Å²) in [6, 6.07) is -0.331. The maximum atomic E-state index is 11.1. The Morgan fingerprint density at radius 3 is 2.64 bits per heavy atom. The molecule has 11 heavy (non-hydrogen) atoms. The summed E-state index contributed by atoms with van der Waals surface area (Å²) in [5.41, 5.74) is 4.92. The summed E-state index contributed by atoms with van der Waals surface area (Å²) in [6.45, 7) is 4.24. The number of carbonyl (C=O) groups excluding carboxylic acids is 1. The van der Waals surface area contributed by atoms with Crippen LogP contribution in [0.5, 0.6) is 0 Å². The number of amides is 1. The average molecular weight is 152 g/mol. The molecule has 1 amide bonds. The largest absolute Gasteiger partial charge is 0.323 e. The molecule has 1 aliphatic rings. The lowest BCUT2D eigenvalue weighted by molar-refractivity contribution is -0.147. The fourth-order valence-corrected chi connectivity index (χ4v) is 1.03. The zero-order valence-electron chi connectivity index (χ0n) is 6.79. The van der Waals surface area contributed by atoms with Crippen LogP contribution >= 0.6 is 0 Å². The van der Waals surface area contributed by atoms with E-state index in [-0.39, 0.29) is 11.9 Å². The summed E-state index contributed by atoms with van der Waals surface area (Å²) in [4.78, 5) is 12.7. The van der Waals surface area contributed by atoms with Crippen LogP contribution < -0.4 is 5.73 Å². The third-order valence-electron chi connectivity index (χ3n) is 1.99. The summed E-state index contributed by atoms with van der Waals surface area (Å²) in [5.74, 6) is 2.50. The number of terminal acetylenes is 1. The number of rotatable bonds is 1. The lowest BCUT2D eigenvalue weighted by Gasteiger charge is -2.44. The minimum Gasteiger partial charge on any atom is -0.323 e. The van der Waals surface area contributed by atoms with Crippen LogP contribution in [0.1, 0.15) is 13.8 Å². The molecular formula is C8H12N2O. The fourth-order valence-electron chi connectivity index (χ4n) is 1.03. The van der Waals surface area contributed by atoms with Crippen molar-refractivity contribution in [2.45, 2.75) is 25.4 Å². The molecule has 0 aromatic carbocycles. The van der Waals surface area contributed by atoms with Crippen LogP contribution in [0.4, 0.5) is 0 Å². The van der Waals surface area contributed by atoms with E-state index in [2.05, 4.69) is 5.92 Å². The number of hydrogen-bond acceptors (Lipinski definition) is 2. The molecule has 0 aromatic rings. The first-order chi connectivity index (χ1) is 4.99. The number of nitrogens with zero attached hydrogens (tertiary/aromatic N) is 1. The zero-order valence-corrected chi connectivity index (χ0v) is 6.79. The van der Waals surface area contributed by atoms with Crippen molar-refractivity contribution < 1.29 is 4.79 Å². The molecule has 0 saturated carbocycles. The first kappa shape index (κ1) is 8.09. The van der Waals surface area contributed by atoms with Crippen LogP contribution in [-0.4, -0.2) is 28.9 Å². The summed E-state index contributed by atoms with van der Waals surface area (Å²) in [5, 5.41) is 0. The van der Waals surface area contributed by atoms with Gasteiger partial charge in [-0.25, -0.2) is 0 Å². The second kappa shape index (κ2) is 2.24. The van der Waals surface area contributed by atoms with Gasteiger partial charge in [-0.3, -0.25) is 4.79 Å². The van der Waals surface area contributed by atoms with E-state index < -0.39 is 5.54 Å². The lowest BCUT2D eigenvalue weighted by atomic mass is 9.96. The Labute approximate surface area is 66.5 Å². The first-order valence-electron chi connectivity index (χ1n) is 3.54. The highest BCUT2D eigenvalue weighted by molar-refractivity contribution is 5.88. The van der Waals surface area contributed by atoms with Gasteiger partial charge in [0.15, 0.2) is 0 Å². The van der Waals surface area contributed by atoms with E-state index in [0.717, 1.165) is 0 Å².